The summed E-state index contributed by atoms with van der Waals surface area (Å²) < 4.78 is 0. The predicted octanol–water partition coefficient (Wildman–Crippen LogP) is 1.18. The molecule has 1 aliphatic carbocycles. The van der Waals surface area contributed by atoms with Gasteiger partial charge in [-0.05, 0) is 37.2 Å². The van der Waals surface area contributed by atoms with Gasteiger partial charge in [0.05, 0.1) is 6.10 Å². The molecule has 1 aromatic rings. The van der Waals surface area contributed by atoms with E-state index in [4.69, 9.17) is 0 Å². The van der Waals surface area contributed by atoms with Gasteiger partial charge >= 0.3 is 0 Å². The zero-order valence-electron chi connectivity index (χ0n) is 7.56. The highest BCUT2D eigenvalue weighted by atomic mass is 16.3. The molecule has 3 nitrogen and oxygen atoms in total. The maximum absolute atomic E-state index is 9.61. The first-order chi connectivity index (χ1) is 6.36. The first kappa shape index (κ1) is 8.63. The van der Waals surface area contributed by atoms with Gasteiger partial charge in [0.15, 0.2) is 0 Å². The zero-order chi connectivity index (χ0) is 9.10. The van der Waals surface area contributed by atoms with Crippen molar-refractivity contribution < 1.29 is 5.11 Å². The molecule has 1 atom stereocenters. The van der Waals surface area contributed by atoms with Crippen molar-refractivity contribution in [3.8, 4) is 0 Å². The Morgan fingerprint density at radius 2 is 2.08 bits per heavy atom. The van der Waals surface area contributed by atoms with E-state index >= 15 is 0 Å². The molecule has 0 radical (unpaired) electrons. The Morgan fingerprint density at radius 1 is 1.38 bits per heavy atom. The van der Waals surface area contributed by atoms with E-state index in [9.17, 15) is 5.11 Å². The largest absolute Gasteiger partial charge is 0.393 e. The average Bonchev–Trinajstić information content (AvgIpc) is 2.99. The monoisotopic (exact) mass is 178 g/mol. The first-order valence-electron chi connectivity index (χ1n) is 4.78. The van der Waals surface area contributed by atoms with Crippen LogP contribution < -0.4 is 0 Å². The van der Waals surface area contributed by atoms with Gasteiger partial charge in [-0.3, -0.25) is 0 Å². The van der Waals surface area contributed by atoms with Crippen molar-refractivity contribution in [2.24, 2.45) is 5.92 Å². The Bertz CT molecular complexity index is 259. The van der Waals surface area contributed by atoms with Gasteiger partial charge in [-0.15, -0.1) is 0 Å². The lowest BCUT2D eigenvalue weighted by atomic mass is 10.1. The summed E-state index contributed by atoms with van der Waals surface area (Å²) in [5, 5.41) is 9.61. The maximum Gasteiger partial charge on any atom is 0.115 e. The summed E-state index contributed by atoms with van der Waals surface area (Å²) in [6.07, 6.45) is 9.18. The first-order valence-corrected chi connectivity index (χ1v) is 4.78. The fourth-order valence-corrected chi connectivity index (χ4v) is 1.49. The molecule has 1 aromatic heterocycles. The second-order valence-electron chi connectivity index (χ2n) is 3.69. The second-order valence-corrected chi connectivity index (χ2v) is 3.69. The van der Waals surface area contributed by atoms with Gasteiger partial charge in [0.1, 0.15) is 6.33 Å². The van der Waals surface area contributed by atoms with E-state index in [2.05, 4.69) is 9.97 Å². The van der Waals surface area contributed by atoms with Crippen LogP contribution in [0.3, 0.4) is 0 Å². The molecule has 1 N–H and O–H groups in total. The van der Waals surface area contributed by atoms with Gasteiger partial charge in [0.2, 0.25) is 0 Å². The minimum atomic E-state index is -0.111. The van der Waals surface area contributed by atoms with E-state index in [1.807, 2.05) is 12.4 Å². The van der Waals surface area contributed by atoms with Crippen LogP contribution in [-0.2, 0) is 6.42 Å². The number of aliphatic hydroxyl groups excluding tert-OH is 1. The number of aryl methyl sites for hydroxylation is 1. The fourth-order valence-electron chi connectivity index (χ4n) is 1.49. The normalized spacial score (nSPS) is 18.5. The van der Waals surface area contributed by atoms with E-state index in [1.165, 1.54) is 19.2 Å². The summed E-state index contributed by atoms with van der Waals surface area (Å²) in [5.74, 6) is 0.574. The van der Waals surface area contributed by atoms with Crippen molar-refractivity contribution in [2.45, 2.75) is 31.8 Å². The van der Waals surface area contributed by atoms with E-state index in [1.54, 1.807) is 0 Å². The van der Waals surface area contributed by atoms with Gasteiger partial charge in [-0.2, -0.15) is 0 Å². The Kier molecular flexibility index (Phi) is 2.54. The van der Waals surface area contributed by atoms with Crippen molar-refractivity contribution >= 4 is 0 Å². The van der Waals surface area contributed by atoms with E-state index in [0.29, 0.717) is 5.92 Å². The molecule has 3 heteroatoms. The van der Waals surface area contributed by atoms with Crippen molar-refractivity contribution in [3.63, 3.8) is 0 Å². The summed E-state index contributed by atoms with van der Waals surface area (Å²) in [7, 11) is 0. The van der Waals surface area contributed by atoms with Gasteiger partial charge in [0, 0.05) is 12.4 Å². The molecule has 0 aromatic carbocycles. The fraction of sp³-hybridized carbons (Fsp3) is 0.600. The Hall–Kier alpha value is -0.960. The molecule has 1 fully saturated rings. The summed E-state index contributed by atoms with van der Waals surface area (Å²) in [6, 6.07) is 0. The molecule has 1 aliphatic rings. The van der Waals surface area contributed by atoms with Crippen LogP contribution in [0.25, 0.3) is 0 Å². The van der Waals surface area contributed by atoms with Crippen LogP contribution in [0.15, 0.2) is 18.7 Å². The molecule has 2 rings (SSSR count). The average molecular weight is 178 g/mol. The van der Waals surface area contributed by atoms with E-state index in [-0.39, 0.29) is 6.10 Å². The third-order valence-electron chi connectivity index (χ3n) is 2.51. The van der Waals surface area contributed by atoms with Crippen molar-refractivity contribution in [3.05, 3.63) is 24.3 Å². The molecular weight excluding hydrogens is 164 g/mol. The number of aromatic nitrogens is 2. The summed E-state index contributed by atoms with van der Waals surface area (Å²) in [6.45, 7) is 0. The number of hydrogen-bond acceptors (Lipinski definition) is 3. The van der Waals surface area contributed by atoms with Crippen LogP contribution >= 0.6 is 0 Å². The summed E-state index contributed by atoms with van der Waals surface area (Å²) in [5.41, 5.74) is 1.11. The highest BCUT2D eigenvalue weighted by Crippen LogP contribution is 2.34. The van der Waals surface area contributed by atoms with Crippen LogP contribution in [-0.4, -0.2) is 21.2 Å². The molecule has 0 amide bonds. The minimum Gasteiger partial charge on any atom is -0.393 e. The van der Waals surface area contributed by atoms with Crippen LogP contribution in [0.2, 0.25) is 0 Å². The van der Waals surface area contributed by atoms with Crippen LogP contribution in [0.1, 0.15) is 24.8 Å². The molecule has 70 valence electrons. The molecule has 0 bridgehead atoms. The third-order valence-corrected chi connectivity index (χ3v) is 2.51. The molecule has 0 aliphatic heterocycles. The van der Waals surface area contributed by atoms with Crippen molar-refractivity contribution in [1.29, 1.82) is 0 Å². The smallest absolute Gasteiger partial charge is 0.115 e. The van der Waals surface area contributed by atoms with Gasteiger partial charge < -0.3 is 5.11 Å². The molecule has 1 unspecified atom stereocenters. The number of nitrogens with zero attached hydrogens (tertiary/aromatic N) is 2. The minimum absolute atomic E-state index is 0.111. The Morgan fingerprint density at radius 3 is 2.69 bits per heavy atom. The topological polar surface area (TPSA) is 46.0 Å². The highest BCUT2D eigenvalue weighted by Gasteiger charge is 2.28. The van der Waals surface area contributed by atoms with E-state index in [0.717, 1.165) is 18.4 Å². The van der Waals surface area contributed by atoms with Gasteiger partial charge in [-0.25, -0.2) is 9.97 Å². The Labute approximate surface area is 77.8 Å². The number of aliphatic hydroxyl groups is 1. The molecule has 0 saturated heterocycles. The standard InChI is InChI=1S/C10H14N2O/c13-10(9-2-3-9)4-1-8-5-11-7-12-6-8/h5-7,9-10,13H,1-4H2. The Balaban J connectivity index is 1.78. The predicted molar refractivity (Wildman–Crippen MR) is 49.1 cm³/mol. The third kappa shape index (κ3) is 2.49. The van der Waals surface area contributed by atoms with Crippen molar-refractivity contribution in [2.75, 3.05) is 0 Å². The zero-order valence-corrected chi connectivity index (χ0v) is 7.56. The molecule has 0 spiro atoms. The van der Waals surface area contributed by atoms with Crippen LogP contribution in [0.4, 0.5) is 0 Å². The van der Waals surface area contributed by atoms with Crippen LogP contribution in [0.5, 0.6) is 0 Å². The summed E-state index contributed by atoms with van der Waals surface area (Å²) in [4.78, 5) is 7.86. The molecule has 1 heterocycles. The molecule has 13 heavy (non-hydrogen) atoms. The summed E-state index contributed by atoms with van der Waals surface area (Å²) >= 11 is 0. The number of hydrogen-bond donors (Lipinski definition) is 1. The quantitative estimate of drug-likeness (QED) is 0.753. The lowest BCUT2D eigenvalue weighted by molar-refractivity contribution is 0.142. The molecule has 1 saturated carbocycles. The van der Waals surface area contributed by atoms with E-state index < -0.39 is 0 Å². The lowest BCUT2D eigenvalue weighted by Gasteiger charge is -2.07. The SMILES string of the molecule is OC(CCc1cncnc1)C1CC1. The lowest BCUT2D eigenvalue weighted by Crippen LogP contribution is -2.10. The van der Waals surface area contributed by atoms with Gasteiger partial charge in [0.25, 0.3) is 0 Å². The molecular formula is C10H14N2O. The van der Waals surface area contributed by atoms with Gasteiger partial charge in [-0.1, -0.05) is 0 Å². The van der Waals surface area contributed by atoms with Crippen LogP contribution in [0, 0.1) is 5.92 Å². The number of rotatable bonds is 4. The second kappa shape index (κ2) is 3.83. The van der Waals surface area contributed by atoms with Crippen molar-refractivity contribution in [1.82, 2.24) is 9.97 Å². The highest BCUT2D eigenvalue weighted by molar-refractivity contribution is 5.02. The maximum atomic E-state index is 9.61.